The van der Waals surface area contributed by atoms with Crippen molar-refractivity contribution in [3.63, 3.8) is 0 Å². The van der Waals surface area contributed by atoms with E-state index in [9.17, 15) is 9.59 Å². The van der Waals surface area contributed by atoms with E-state index in [0.29, 0.717) is 24.6 Å². The molecule has 0 bridgehead atoms. The number of ketones is 1. The molecule has 8 heteroatoms. The molecule has 3 aromatic rings. The van der Waals surface area contributed by atoms with Gasteiger partial charge in [-0.2, -0.15) is 0 Å². The van der Waals surface area contributed by atoms with Gasteiger partial charge in [-0.25, -0.2) is 4.79 Å². The van der Waals surface area contributed by atoms with Crippen molar-refractivity contribution in [2.24, 2.45) is 11.8 Å². The van der Waals surface area contributed by atoms with E-state index in [0.717, 1.165) is 58.1 Å². The minimum atomic E-state index is -0.487. The number of pyridine rings is 2. The molecule has 7 nitrogen and oxygen atoms in total. The fourth-order valence-corrected chi connectivity index (χ4v) is 4.96. The number of benzene rings is 1. The molecule has 1 unspecified atom stereocenters. The molecule has 2 aromatic heterocycles. The van der Waals surface area contributed by atoms with Crippen LogP contribution >= 0.6 is 15.9 Å². The molecule has 1 saturated heterocycles. The third-order valence-corrected chi connectivity index (χ3v) is 7.07. The summed E-state index contributed by atoms with van der Waals surface area (Å²) in [7, 11) is 0. The molecular formula is C28H31BrN4O3. The largest absolute Gasteiger partial charge is 0.444 e. The van der Waals surface area contributed by atoms with Crippen molar-refractivity contribution < 1.29 is 14.3 Å². The Morgan fingerprint density at radius 3 is 2.61 bits per heavy atom. The molecule has 36 heavy (non-hydrogen) atoms. The lowest BCUT2D eigenvalue weighted by atomic mass is 10.0. The highest BCUT2D eigenvalue weighted by Crippen LogP contribution is 2.38. The van der Waals surface area contributed by atoms with Crippen LogP contribution in [0.15, 0.2) is 47.2 Å². The number of halogens is 1. The summed E-state index contributed by atoms with van der Waals surface area (Å²) in [5.41, 5.74) is 3.54. The number of rotatable bonds is 6. The van der Waals surface area contributed by atoms with Crippen LogP contribution in [0.5, 0.6) is 0 Å². The smallest absolute Gasteiger partial charge is 0.410 e. The number of likely N-dealkylation sites (tertiary alicyclic amines) is 1. The first kappa shape index (κ1) is 24.7. The molecule has 5 rings (SSSR count). The maximum Gasteiger partial charge on any atom is 0.410 e. The molecule has 3 heterocycles. The van der Waals surface area contributed by atoms with E-state index < -0.39 is 5.60 Å². The number of carbonyl (C=O) groups excluding carboxylic acids is 2. The maximum atomic E-state index is 13.0. The van der Waals surface area contributed by atoms with Gasteiger partial charge in [0.05, 0.1) is 28.7 Å². The first-order valence-corrected chi connectivity index (χ1v) is 13.3. The van der Waals surface area contributed by atoms with Gasteiger partial charge < -0.3 is 15.0 Å². The number of amides is 1. The molecular weight excluding hydrogens is 520 g/mol. The lowest BCUT2D eigenvalue weighted by Gasteiger charge is -2.24. The number of anilines is 2. The second kappa shape index (κ2) is 9.81. The Labute approximate surface area is 219 Å². The number of ether oxygens (including phenoxy) is 1. The number of hydrogen-bond donors (Lipinski definition) is 1. The summed E-state index contributed by atoms with van der Waals surface area (Å²) in [6.07, 6.45) is 6.88. The van der Waals surface area contributed by atoms with Crippen molar-refractivity contribution >= 4 is 50.1 Å². The second-order valence-corrected chi connectivity index (χ2v) is 11.7. The summed E-state index contributed by atoms with van der Waals surface area (Å²) in [5.74, 6) is 0.601. The molecule has 188 valence electrons. The summed E-state index contributed by atoms with van der Waals surface area (Å²) < 4.78 is 6.44. The van der Waals surface area contributed by atoms with Gasteiger partial charge in [0, 0.05) is 40.8 Å². The third-order valence-electron chi connectivity index (χ3n) is 6.57. The van der Waals surface area contributed by atoms with Crippen molar-refractivity contribution in [2.45, 2.75) is 52.1 Å². The highest BCUT2D eigenvalue weighted by atomic mass is 79.9. The van der Waals surface area contributed by atoms with Gasteiger partial charge in [0.1, 0.15) is 5.60 Å². The van der Waals surface area contributed by atoms with E-state index in [1.165, 1.54) is 0 Å². The average Bonchev–Trinajstić information content (AvgIpc) is 3.57. The van der Waals surface area contributed by atoms with E-state index in [1.54, 1.807) is 11.1 Å². The number of fused-ring (bicyclic) bond motifs is 1. The first-order valence-electron chi connectivity index (χ1n) is 12.5. The van der Waals surface area contributed by atoms with Gasteiger partial charge in [0.15, 0.2) is 5.78 Å². The fourth-order valence-electron chi connectivity index (χ4n) is 4.60. The monoisotopic (exact) mass is 550 g/mol. The van der Waals surface area contributed by atoms with Crippen LogP contribution in [0.2, 0.25) is 0 Å². The van der Waals surface area contributed by atoms with Crippen LogP contribution in [0.3, 0.4) is 0 Å². The topological polar surface area (TPSA) is 84.4 Å². The van der Waals surface area contributed by atoms with Crippen LogP contribution in [0, 0.1) is 11.8 Å². The molecule has 1 aliphatic heterocycles. The predicted octanol–water partition coefficient (Wildman–Crippen LogP) is 6.53. The Kier molecular flexibility index (Phi) is 6.72. The van der Waals surface area contributed by atoms with Crippen LogP contribution in [-0.2, 0) is 11.2 Å². The summed E-state index contributed by atoms with van der Waals surface area (Å²) in [6.45, 7) is 7.05. The van der Waals surface area contributed by atoms with Crippen molar-refractivity contribution in [1.82, 2.24) is 14.9 Å². The summed E-state index contributed by atoms with van der Waals surface area (Å²) in [5, 5.41) is 4.35. The normalized spacial score (nSPS) is 17.9. The van der Waals surface area contributed by atoms with Crippen LogP contribution in [-0.4, -0.2) is 45.4 Å². The summed E-state index contributed by atoms with van der Waals surface area (Å²) in [4.78, 5) is 36.4. The zero-order valence-electron chi connectivity index (χ0n) is 20.9. The minimum absolute atomic E-state index is 0.101. The quantitative estimate of drug-likeness (QED) is 0.351. The van der Waals surface area contributed by atoms with E-state index in [1.807, 2.05) is 57.3 Å². The van der Waals surface area contributed by atoms with Gasteiger partial charge in [-0.05, 0) is 82.7 Å². The van der Waals surface area contributed by atoms with Crippen molar-refractivity contribution in [2.75, 3.05) is 18.4 Å². The highest BCUT2D eigenvalue weighted by Gasteiger charge is 2.33. The van der Waals surface area contributed by atoms with Gasteiger partial charge in [0.25, 0.3) is 0 Å². The van der Waals surface area contributed by atoms with Gasteiger partial charge in [-0.15, -0.1) is 0 Å². The highest BCUT2D eigenvalue weighted by molar-refractivity contribution is 9.10. The molecule has 0 spiro atoms. The molecule has 1 aromatic carbocycles. The summed E-state index contributed by atoms with van der Waals surface area (Å²) >= 11 is 3.55. The van der Waals surface area contributed by atoms with E-state index in [2.05, 4.69) is 31.2 Å². The van der Waals surface area contributed by atoms with Crippen LogP contribution in [0.4, 0.5) is 16.2 Å². The van der Waals surface area contributed by atoms with Crippen LogP contribution in [0.25, 0.3) is 10.9 Å². The van der Waals surface area contributed by atoms with E-state index in [-0.39, 0.29) is 17.8 Å². The van der Waals surface area contributed by atoms with Crippen LogP contribution < -0.4 is 5.32 Å². The fraction of sp³-hybridized carbons (Fsp3) is 0.429. The van der Waals surface area contributed by atoms with Gasteiger partial charge >= 0.3 is 6.09 Å². The van der Waals surface area contributed by atoms with Gasteiger partial charge in [-0.3, -0.25) is 14.8 Å². The van der Waals surface area contributed by atoms with E-state index in [4.69, 9.17) is 4.74 Å². The predicted molar refractivity (Wildman–Crippen MR) is 144 cm³/mol. The Hall–Kier alpha value is -3.00. The zero-order chi connectivity index (χ0) is 25.4. The third kappa shape index (κ3) is 5.69. The Bertz CT molecular complexity index is 1300. The standard InChI is InChI=1S/C28H31BrN4O3/c1-28(2,3)36-27(35)33-11-10-17(16-33)12-20-7-8-21(14-30-20)32-25-22-13-19(29)6-9-24(22)31-15-23(25)26(34)18-4-5-18/h6-9,13-15,17-18H,4-5,10-12,16H2,1-3H3,(H,31,32). The number of aromatic nitrogens is 2. The lowest BCUT2D eigenvalue weighted by Crippen LogP contribution is -2.35. The number of carbonyl (C=O) groups is 2. The zero-order valence-corrected chi connectivity index (χ0v) is 22.5. The van der Waals surface area contributed by atoms with Crippen molar-refractivity contribution in [3.8, 4) is 0 Å². The second-order valence-electron chi connectivity index (χ2n) is 10.8. The van der Waals surface area contributed by atoms with Crippen LogP contribution in [0.1, 0.15) is 56.1 Å². The molecule has 2 aliphatic rings. The number of Topliss-reactive ketones (excluding diaryl/α,β-unsaturated/α-hetero) is 1. The van der Waals surface area contributed by atoms with Gasteiger partial charge in [0.2, 0.25) is 0 Å². The Morgan fingerprint density at radius 1 is 1.11 bits per heavy atom. The SMILES string of the molecule is CC(C)(C)OC(=O)N1CCC(Cc2ccc(Nc3c(C(=O)C4CC4)cnc4ccc(Br)cc34)cn2)C1. The molecule has 1 N–H and O–H groups in total. The molecule has 0 radical (unpaired) electrons. The molecule has 1 amide bonds. The Balaban J connectivity index is 1.30. The number of hydrogen-bond acceptors (Lipinski definition) is 6. The first-order chi connectivity index (χ1) is 17.2. The molecule has 1 aliphatic carbocycles. The number of nitrogens with zero attached hydrogens (tertiary/aromatic N) is 3. The molecule has 2 fully saturated rings. The number of nitrogens with one attached hydrogen (secondary N) is 1. The minimum Gasteiger partial charge on any atom is -0.444 e. The lowest BCUT2D eigenvalue weighted by molar-refractivity contribution is 0.0288. The van der Waals surface area contributed by atoms with Gasteiger partial charge in [-0.1, -0.05) is 15.9 Å². The Morgan fingerprint density at radius 2 is 1.92 bits per heavy atom. The maximum absolute atomic E-state index is 13.0. The van der Waals surface area contributed by atoms with Crippen molar-refractivity contribution in [1.29, 1.82) is 0 Å². The molecule has 1 atom stereocenters. The average molecular weight is 551 g/mol. The summed E-state index contributed by atoms with van der Waals surface area (Å²) in [6, 6.07) is 9.90. The van der Waals surface area contributed by atoms with Crippen molar-refractivity contribution in [3.05, 3.63) is 58.5 Å². The van der Waals surface area contributed by atoms with E-state index >= 15 is 0 Å². The molecule has 1 saturated carbocycles.